The highest BCUT2D eigenvalue weighted by Crippen LogP contribution is 2.29. The van der Waals surface area contributed by atoms with Gasteiger partial charge in [-0.05, 0) is 78.4 Å². The molecule has 0 aliphatic carbocycles. The van der Waals surface area contributed by atoms with Crippen molar-refractivity contribution in [1.82, 2.24) is 0 Å². The van der Waals surface area contributed by atoms with E-state index in [1.54, 1.807) is 66.7 Å². The number of aliphatic hydroxyl groups is 3. The molecule has 48 heavy (non-hydrogen) atoms. The number of phenolic OH excluding ortho intramolecular Hbond substituents is 2. The van der Waals surface area contributed by atoms with E-state index in [0.29, 0.717) is 36.3 Å². The summed E-state index contributed by atoms with van der Waals surface area (Å²) in [6.45, 7) is -0.455. The summed E-state index contributed by atoms with van der Waals surface area (Å²) >= 11 is 0. The van der Waals surface area contributed by atoms with Crippen molar-refractivity contribution >= 4 is 17.8 Å². The molecule has 3 aromatic rings. The van der Waals surface area contributed by atoms with Gasteiger partial charge in [-0.2, -0.15) is 0 Å². The molecule has 1 aliphatic heterocycles. The van der Waals surface area contributed by atoms with Gasteiger partial charge >= 0.3 is 5.97 Å². The Hall–Kier alpha value is -4.46. The molecule has 0 aromatic heterocycles. The predicted octanol–water partition coefficient (Wildman–Crippen LogP) is 3.09. The topological polar surface area (TPSA) is 181 Å². The average molecular weight is 667 g/mol. The summed E-state index contributed by atoms with van der Waals surface area (Å²) in [6.07, 6.45) is -4.24. The molecule has 0 unspecified atom stereocenters. The number of benzene rings is 3. The molecule has 0 amide bonds. The number of hydrogen-bond acceptors (Lipinski definition) is 12. The van der Waals surface area contributed by atoms with Crippen molar-refractivity contribution in [3.05, 3.63) is 89.5 Å². The van der Waals surface area contributed by atoms with Gasteiger partial charge in [0.05, 0.1) is 20.3 Å². The molecule has 1 heterocycles. The van der Waals surface area contributed by atoms with Crippen LogP contribution < -0.4 is 9.47 Å². The van der Waals surface area contributed by atoms with Crippen molar-refractivity contribution in [3.8, 4) is 23.0 Å². The maximum absolute atomic E-state index is 13.0. The molecule has 0 bridgehead atoms. The number of ether oxygens (including phenoxy) is 5. The largest absolute Gasteiger partial charge is 0.508 e. The molecule has 1 aliphatic rings. The van der Waals surface area contributed by atoms with Crippen LogP contribution in [0, 0.1) is 0 Å². The van der Waals surface area contributed by atoms with Gasteiger partial charge in [-0.25, -0.2) is 4.79 Å². The third-order valence-corrected chi connectivity index (χ3v) is 7.98. The molecule has 12 nitrogen and oxygen atoms in total. The molecule has 5 N–H and O–H groups in total. The number of esters is 1. The van der Waals surface area contributed by atoms with Crippen molar-refractivity contribution in [2.24, 2.45) is 0 Å². The number of aromatic hydroxyl groups is 2. The maximum Gasteiger partial charge on any atom is 0.330 e. The molecule has 6 atom stereocenters. The lowest BCUT2D eigenvalue weighted by Crippen LogP contribution is -2.60. The van der Waals surface area contributed by atoms with Gasteiger partial charge in [-0.3, -0.25) is 4.79 Å². The number of carbonyl (C=O) groups excluding carboxylic acids is 2. The SMILES string of the molecule is COc1ccc(C=CC(=O)OC[C@@H]2O[C@@H](O[C@@H](CCc3ccc(O)cc3)CC(=O)CCc3ccc(O)cc3)[C@H](O)[C@@H](O)[C@@H]2O)cc1OC. The van der Waals surface area contributed by atoms with Crippen LogP contribution >= 0.6 is 0 Å². The molecule has 1 fully saturated rings. The summed E-state index contributed by atoms with van der Waals surface area (Å²) in [5.74, 6) is 0.390. The minimum absolute atomic E-state index is 0.0258. The fraction of sp³-hybridized carbons (Fsp3) is 0.389. The van der Waals surface area contributed by atoms with Crippen LogP contribution in [0.25, 0.3) is 6.08 Å². The van der Waals surface area contributed by atoms with E-state index in [9.17, 15) is 35.1 Å². The van der Waals surface area contributed by atoms with E-state index in [1.165, 1.54) is 26.4 Å². The Bertz CT molecular complexity index is 1500. The fourth-order valence-electron chi connectivity index (χ4n) is 5.20. The minimum atomic E-state index is -1.68. The van der Waals surface area contributed by atoms with E-state index >= 15 is 0 Å². The zero-order valence-corrected chi connectivity index (χ0v) is 26.8. The van der Waals surface area contributed by atoms with Crippen LogP contribution in [-0.2, 0) is 36.6 Å². The lowest BCUT2D eigenvalue weighted by molar-refractivity contribution is -0.311. The second-order valence-corrected chi connectivity index (χ2v) is 11.5. The Morgan fingerprint density at radius 2 is 1.44 bits per heavy atom. The monoisotopic (exact) mass is 666 g/mol. The number of carbonyl (C=O) groups is 2. The van der Waals surface area contributed by atoms with Crippen molar-refractivity contribution in [3.63, 3.8) is 0 Å². The summed E-state index contributed by atoms with van der Waals surface area (Å²) in [5, 5.41) is 51.1. The number of ketones is 1. The van der Waals surface area contributed by atoms with Gasteiger partial charge in [0.1, 0.15) is 48.3 Å². The number of rotatable bonds is 16. The quantitative estimate of drug-likeness (QED) is 0.112. The zero-order chi connectivity index (χ0) is 34.6. The second kappa shape index (κ2) is 17.6. The van der Waals surface area contributed by atoms with Crippen molar-refractivity contribution < 1.29 is 58.8 Å². The van der Waals surface area contributed by atoms with Crippen molar-refractivity contribution in [1.29, 1.82) is 0 Å². The maximum atomic E-state index is 13.0. The van der Waals surface area contributed by atoms with Crippen LogP contribution in [0.2, 0.25) is 0 Å². The third kappa shape index (κ3) is 10.5. The van der Waals surface area contributed by atoms with Crippen LogP contribution in [-0.4, -0.2) is 94.9 Å². The van der Waals surface area contributed by atoms with Crippen LogP contribution in [0.5, 0.6) is 23.0 Å². The van der Waals surface area contributed by atoms with Gasteiger partial charge in [0.15, 0.2) is 17.8 Å². The van der Waals surface area contributed by atoms with E-state index in [4.69, 9.17) is 23.7 Å². The van der Waals surface area contributed by atoms with Crippen molar-refractivity contribution in [2.75, 3.05) is 20.8 Å². The highest BCUT2D eigenvalue weighted by Gasteiger charge is 2.45. The predicted molar refractivity (Wildman–Crippen MR) is 174 cm³/mol. The first-order valence-electron chi connectivity index (χ1n) is 15.6. The van der Waals surface area contributed by atoms with Crippen LogP contribution in [0.1, 0.15) is 36.0 Å². The lowest BCUT2D eigenvalue weighted by Gasteiger charge is -2.41. The van der Waals surface area contributed by atoms with Crippen LogP contribution in [0.15, 0.2) is 72.8 Å². The Morgan fingerprint density at radius 3 is 2.06 bits per heavy atom. The number of aryl methyl sites for hydroxylation is 2. The Labute approximate surface area is 278 Å². The summed E-state index contributed by atoms with van der Waals surface area (Å²) < 4.78 is 27.6. The Balaban J connectivity index is 1.38. The van der Waals surface area contributed by atoms with E-state index in [-0.39, 0.29) is 30.1 Å². The molecular formula is C36H42O12. The third-order valence-electron chi connectivity index (χ3n) is 7.98. The first-order valence-corrected chi connectivity index (χ1v) is 15.6. The van der Waals surface area contributed by atoms with Gasteiger partial charge < -0.3 is 49.2 Å². The molecule has 0 spiro atoms. The van der Waals surface area contributed by atoms with E-state index in [1.807, 2.05) is 0 Å². The Kier molecular flexibility index (Phi) is 13.4. The highest BCUT2D eigenvalue weighted by atomic mass is 16.7. The van der Waals surface area contributed by atoms with Crippen molar-refractivity contribution in [2.45, 2.75) is 68.9 Å². The molecule has 258 valence electrons. The number of methoxy groups -OCH3 is 2. The number of hydrogen-bond donors (Lipinski definition) is 5. The molecule has 12 heteroatoms. The van der Waals surface area contributed by atoms with Crippen LogP contribution in [0.4, 0.5) is 0 Å². The second-order valence-electron chi connectivity index (χ2n) is 11.5. The fourth-order valence-corrected chi connectivity index (χ4v) is 5.20. The molecule has 3 aromatic carbocycles. The Morgan fingerprint density at radius 1 is 0.812 bits per heavy atom. The van der Waals surface area contributed by atoms with E-state index < -0.39 is 49.4 Å². The lowest BCUT2D eigenvalue weighted by atomic mass is 9.98. The zero-order valence-electron chi connectivity index (χ0n) is 26.8. The van der Waals surface area contributed by atoms with Gasteiger partial charge in [0.25, 0.3) is 0 Å². The normalized spacial score (nSPS) is 21.5. The highest BCUT2D eigenvalue weighted by molar-refractivity contribution is 5.87. The minimum Gasteiger partial charge on any atom is -0.508 e. The van der Waals surface area contributed by atoms with Gasteiger partial charge in [0.2, 0.25) is 0 Å². The van der Waals surface area contributed by atoms with Gasteiger partial charge in [-0.1, -0.05) is 30.3 Å². The molecule has 0 saturated carbocycles. The average Bonchev–Trinajstić information content (AvgIpc) is 3.09. The van der Waals surface area contributed by atoms with E-state index in [2.05, 4.69) is 0 Å². The smallest absolute Gasteiger partial charge is 0.330 e. The van der Waals surface area contributed by atoms with Gasteiger partial charge in [0, 0.05) is 18.9 Å². The molecule has 0 radical (unpaired) electrons. The standard InChI is InChI=1S/C36H42O12/c1-44-29-17-9-24(19-30(29)45-2)10-18-32(40)46-21-31-33(41)34(42)35(43)36(48-31)47-28(16-8-23-5-13-26(38)14-6-23)20-27(39)15-7-22-3-11-25(37)12-4-22/h3-6,9-14,17-19,28,31,33-38,41-43H,7-8,15-16,20-21H2,1-2H3/t28-,31-,33+,34-,35+,36+/m0/s1. The van der Waals surface area contributed by atoms with E-state index in [0.717, 1.165) is 11.1 Å². The molecule has 4 rings (SSSR count). The molecule has 1 saturated heterocycles. The summed E-state index contributed by atoms with van der Waals surface area (Å²) in [4.78, 5) is 25.5. The summed E-state index contributed by atoms with van der Waals surface area (Å²) in [7, 11) is 3.00. The number of aliphatic hydroxyl groups excluding tert-OH is 3. The summed E-state index contributed by atoms with van der Waals surface area (Å²) in [5.41, 5.74) is 2.40. The number of Topliss-reactive ketones (excluding diaryl/α,β-unsaturated/α-hetero) is 1. The number of phenols is 2. The van der Waals surface area contributed by atoms with Gasteiger partial charge in [-0.15, -0.1) is 0 Å². The van der Waals surface area contributed by atoms with Crippen LogP contribution in [0.3, 0.4) is 0 Å². The molecular weight excluding hydrogens is 624 g/mol. The first kappa shape index (κ1) is 36.4. The summed E-state index contributed by atoms with van der Waals surface area (Å²) in [6, 6.07) is 18.2. The first-order chi connectivity index (χ1) is 23.1.